The van der Waals surface area contributed by atoms with Crippen LogP contribution in [0.3, 0.4) is 0 Å². The first-order valence-corrected chi connectivity index (χ1v) is 7.21. The number of likely N-dealkylation sites (tertiary alicyclic amines) is 1. The van der Waals surface area contributed by atoms with Crippen LogP contribution in [0, 0.1) is 5.92 Å². The monoisotopic (exact) mass is 262 g/mol. The lowest BCUT2D eigenvalue weighted by Crippen LogP contribution is -2.35. The summed E-state index contributed by atoms with van der Waals surface area (Å²) < 4.78 is 5.25. The fourth-order valence-electron chi connectivity index (χ4n) is 3.06. The highest BCUT2D eigenvalue weighted by Gasteiger charge is 2.26. The molecule has 106 valence electrons. The highest BCUT2D eigenvalue weighted by molar-refractivity contribution is 5.30. The van der Waals surface area contributed by atoms with E-state index < -0.39 is 0 Å². The van der Waals surface area contributed by atoms with Crippen LogP contribution in [-0.4, -0.2) is 45.7 Å². The van der Waals surface area contributed by atoms with Gasteiger partial charge in [0.1, 0.15) is 5.75 Å². The van der Waals surface area contributed by atoms with Crippen LogP contribution in [-0.2, 0) is 0 Å². The van der Waals surface area contributed by atoms with E-state index in [-0.39, 0.29) is 0 Å². The number of hydrogen-bond acceptors (Lipinski definition) is 3. The van der Waals surface area contributed by atoms with Crippen molar-refractivity contribution in [3.05, 3.63) is 29.8 Å². The first kappa shape index (κ1) is 14.4. The summed E-state index contributed by atoms with van der Waals surface area (Å²) in [5, 5.41) is 3.36. The summed E-state index contributed by atoms with van der Waals surface area (Å²) in [6.07, 6.45) is 2.60. The van der Waals surface area contributed by atoms with Gasteiger partial charge >= 0.3 is 0 Å². The Balaban J connectivity index is 2.09. The van der Waals surface area contributed by atoms with Gasteiger partial charge in [-0.25, -0.2) is 0 Å². The minimum Gasteiger partial charge on any atom is -0.497 e. The molecule has 3 nitrogen and oxygen atoms in total. The third kappa shape index (κ3) is 3.71. The zero-order valence-corrected chi connectivity index (χ0v) is 12.4. The summed E-state index contributed by atoms with van der Waals surface area (Å²) in [4.78, 5) is 2.43. The average molecular weight is 262 g/mol. The fraction of sp³-hybridized carbons (Fsp3) is 0.625. The summed E-state index contributed by atoms with van der Waals surface area (Å²) in [6, 6.07) is 8.60. The number of nitrogens with zero attached hydrogens (tertiary/aromatic N) is 1. The van der Waals surface area contributed by atoms with Gasteiger partial charge in [-0.1, -0.05) is 12.1 Å². The number of nitrogens with one attached hydrogen (secondary N) is 1. The first-order valence-electron chi connectivity index (χ1n) is 7.21. The molecule has 0 saturated carbocycles. The normalized spacial score (nSPS) is 19.3. The second kappa shape index (κ2) is 6.92. The van der Waals surface area contributed by atoms with Crippen LogP contribution in [0.5, 0.6) is 5.75 Å². The highest BCUT2D eigenvalue weighted by atomic mass is 16.5. The molecular weight excluding hydrogens is 236 g/mol. The van der Waals surface area contributed by atoms with Crippen molar-refractivity contribution < 1.29 is 4.74 Å². The number of piperidine rings is 1. The SMILES string of the molecule is CNCC(c1ccc(OC)cc1)C1CCN(C)CC1. The molecule has 0 radical (unpaired) electrons. The van der Waals surface area contributed by atoms with Crippen LogP contribution in [0.25, 0.3) is 0 Å². The Morgan fingerprint density at radius 2 is 1.89 bits per heavy atom. The van der Waals surface area contributed by atoms with Gasteiger partial charge in [0.25, 0.3) is 0 Å². The zero-order valence-electron chi connectivity index (χ0n) is 12.4. The third-order valence-corrected chi connectivity index (χ3v) is 4.30. The summed E-state index contributed by atoms with van der Waals surface area (Å²) in [5.41, 5.74) is 1.43. The van der Waals surface area contributed by atoms with Gasteiger partial charge in [-0.2, -0.15) is 0 Å². The number of ether oxygens (including phenoxy) is 1. The van der Waals surface area contributed by atoms with Crippen LogP contribution < -0.4 is 10.1 Å². The Bertz CT molecular complexity index is 369. The lowest BCUT2D eigenvalue weighted by molar-refractivity contribution is 0.197. The van der Waals surface area contributed by atoms with Crippen LogP contribution in [0.1, 0.15) is 24.3 Å². The van der Waals surface area contributed by atoms with Gasteiger partial charge in [-0.15, -0.1) is 0 Å². The van der Waals surface area contributed by atoms with Crippen LogP contribution in [0.15, 0.2) is 24.3 Å². The lowest BCUT2D eigenvalue weighted by Gasteiger charge is -2.34. The molecule has 0 aromatic heterocycles. The Morgan fingerprint density at radius 3 is 2.42 bits per heavy atom. The van der Waals surface area contributed by atoms with E-state index in [1.54, 1.807) is 7.11 Å². The maximum absolute atomic E-state index is 5.25. The number of benzene rings is 1. The summed E-state index contributed by atoms with van der Waals surface area (Å²) in [5.74, 6) is 2.34. The Labute approximate surface area is 116 Å². The fourth-order valence-corrected chi connectivity index (χ4v) is 3.06. The Kier molecular flexibility index (Phi) is 5.23. The lowest BCUT2D eigenvalue weighted by atomic mass is 9.80. The molecule has 1 heterocycles. The molecule has 1 aromatic rings. The van der Waals surface area contributed by atoms with E-state index in [9.17, 15) is 0 Å². The van der Waals surface area contributed by atoms with Gasteiger partial charge in [0.05, 0.1) is 7.11 Å². The van der Waals surface area contributed by atoms with Crippen molar-refractivity contribution in [3.8, 4) is 5.75 Å². The van der Waals surface area contributed by atoms with Gasteiger partial charge in [0.15, 0.2) is 0 Å². The molecule has 1 aliphatic heterocycles. The molecule has 1 unspecified atom stereocenters. The van der Waals surface area contributed by atoms with Gasteiger partial charge < -0.3 is 15.0 Å². The molecule has 1 aliphatic rings. The van der Waals surface area contributed by atoms with Crippen molar-refractivity contribution in [1.29, 1.82) is 0 Å². The van der Waals surface area contributed by atoms with Crippen LogP contribution in [0.2, 0.25) is 0 Å². The Hall–Kier alpha value is -1.06. The van der Waals surface area contributed by atoms with Crippen LogP contribution in [0.4, 0.5) is 0 Å². The highest BCUT2D eigenvalue weighted by Crippen LogP contribution is 2.32. The molecule has 0 bridgehead atoms. The third-order valence-electron chi connectivity index (χ3n) is 4.30. The van der Waals surface area contributed by atoms with E-state index in [1.807, 2.05) is 7.05 Å². The van der Waals surface area contributed by atoms with E-state index in [1.165, 1.54) is 31.5 Å². The van der Waals surface area contributed by atoms with Crippen molar-refractivity contribution in [2.45, 2.75) is 18.8 Å². The van der Waals surface area contributed by atoms with Crippen molar-refractivity contribution in [2.75, 3.05) is 40.8 Å². The van der Waals surface area contributed by atoms with Crippen molar-refractivity contribution >= 4 is 0 Å². The average Bonchev–Trinajstić information content (AvgIpc) is 2.46. The smallest absolute Gasteiger partial charge is 0.118 e. The van der Waals surface area contributed by atoms with Gasteiger partial charge in [-0.3, -0.25) is 0 Å². The van der Waals surface area contributed by atoms with Crippen LogP contribution >= 0.6 is 0 Å². The molecular formula is C16H26N2O. The predicted octanol–water partition coefficient (Wildman–Crippen LogP) is 2.34. The largest absolute Gasteiger partial charge is 0.497 e. The number of likely N-dealkylation sites (N-methyl/N-ethyl adjacent to an activating group) is 1. The quantitative estimate of drug-likeness (QED) is 0.881. The minimum atomic E-state index is 0.615. The molecule has 0 spiro atoms. The second-order valence-corrected chi connectivity index (χ2v) is 5.58. The minimum absolute atomic E-state index is 0.615. The van der Waals surface area contributed by atoms with Crippen molar-refractivity contribution in [2.24, 2.45) is 5.92 Å². The molecule has 1 saturated heterocycles. The molecule has 1 fully saturated rings. The van der Waals surface area contributed by atoms with E-state index in [2.05, 4.69) is 41.5 Å². The molecule has 1 atom stereocenters. The van der Waals surface area contributed by atoms with Crippen molar-refractivity contribution in [3.63, 3.8) is 0 Å². The first-order chi connectivity index (χ1) is 9.24. The number of hydrogen-bond donors (Lipinski definition) is 1. The maximum Gasteiger partial charge on any atom is 0.118 e. The molecule has 1 N–H and O–H groups in total. The van der Waals surface area contributed by atoms with E-state index in [4.69, 9.17) is 4.74 Å². The maximum atomic E-state index is 5.25. The van der Waals surface area contributed by atoms with Gasteiger partial charge in [0, 0.05) is 6.54 Å². The number of methoxy groups -OCH3 is 1. The van der Waals surface area contributed by atoms with E-state index in [0.29, 0.717) is 5.92 Å². The standard InChI is InChI=1S/C16H26N2O/c1-17-12-16(14-8-10-18(2)11-9-14)13-4-6-15(19-3)7-5-13/h4-7,14,16-17H,8-12H2,1-3H3. The summed E-state index contributed by atoms with van der Waals surface area (Å²) in [6.45, 7) is 3.50. The topological polar surface area (TPSA) is 24.5 Å². The number of rotatable bonds is 5. The summed E-state index contributed by atoms with van der Waals surface area (Å²) >= 11 is 0. The molecule has 2 rings (SSSR count). The van der Waals surface area contributed by atoms with E-state index in [0.717, 1.165) is 18.2 Å². The molecule has 1 aromatic carbocycles. The predicted molar refractivity (Wildman–Crippen MR) is 79.9 cm³/mol. The van der Waals surface area contributed by atoms with Gasteiger partial charge in [-0.05, 0) is 69.6 Å². The molecule has 19 heavy (non-hydrogen) atoms. The molecule has 0 amide bonds. The van der Waals surface area contributed by atoms with Crippen molar-refractivity contribution in [1.82, 2.24) is 10.2 Å². The van der Waals surface area contributed by atoms with Gasteiger partial charge in [0.2, 0.25) is 0 Å². The zero-order chi connectivity index (χ0) is 13.7. The Morgan fingerprint density at radius 1 is 1.26 bits per heavy atom. The molecule has 3 heteroatoms. The second-order valence-electron chi connectivity index (χ2n) is 5.58. The van der Waals surface area contributed by atoms with E-state index >= 15 is 0 Å². The summed E-state index contributed by atoms with van der Waals surface area (Å²) in [7, 11) is 5.99. The molecule has 0 aliphatic carbocycles.